The molecule has 0 heterocycles. The van der Waals surface area contributed by atoms with Crippen molar-refractivity contribution in [1.82, 2.24) is 0 Å². The average Bonchev–Trinajstić information content (AvgIpc) is 2.11. The van der Waals surface area contributed by atoms with E-state index < -0.39 is 0 Å². The van der Waals surface area contributed by atoms with Gasteiger partial charge in [0.05, 0.1) is 5.71 Å². The van der Waals surface area contributed by atoms with Crippen LogP contribution < -0.4 is 5.73 Å². The molecule has 0 fully saturated rings. The first-order valence-corrected chi connectivity index (χ1v) is 4.94. The third kappa shape index (κ3) is 4.88. The minimum Gasteiger partial charge on any atom is -0.411 e. The maximum atomic E-state index is 8.64. The summed E-state index contributed by atoms with van der Waals surface area (Å²) in [5.41, 5.74) is 6.22. The number of oxime groups is 1. The van der Waals surface area contributed by atoms with E-state index in [9.17, 15) is 0 Å². The molecule has 0 aromatic carbocycles. The molecule has 13 heavy (non-hydrogen) atoms. The molecule has 0 rings (SSSR count). The van der Waals surface area contributed by atoms with Gasteiger partial charge < -0.3 is 10.9 Å². The van der Waals surface area contributed by atoms with Gasteiger partial charge in [0.15, 0.2) is 0 Å². The Morgan fingerprint density at radius 2 is 1.92 bits per heavy atom. The molecule has 0 aliphatic heterocycles. The molecule has 0 saturated carbocycles. The fourth-order valence-corrected chi connectivity index (χ4v) is 1.20. The lowest BCUT2D eigenvalue weighted by molar-refractivity contribution is 0.305. The van der Waals surface area contributed by atoms with Gasteiger partial charge in [-0.3, -0.25) is 0 Å². The molecule has 0 spiro atoms. The fraction of sp³-hybridized carbons (Fsp3) is 0.900. The molecule has 0 aliphatic carbocycles. The Kier molecular flexibility index (Phi) is 5.71. The molecule has 0 bridgehead atoms. The summed E-state index contributed by atoms with van der Waals surface area (Å²) in [6, 6.07) is 0. The van der Waals surface area contributed by atoms with Crippen LogP contribution in [-0.4, -0.2) is 17.5 Å². The number of hydrogen-bond donors (Lipinski definition) is 2. The molecule has 0 radical (unpaired) electrons. The van der Waals surface area contributed by atoms with Crippen molar-refractivity contribution < 1.29 is 5.21 Å². The predicted octanol–water partition coefficient (Wildman–Crippen LogP) is 2.38. The molecular formula is C10H22N2O. The Morgan fingerprint density at radius 1 is 1.31 bits per heavy atom. The second-order valence-corrected chi connectivity index (χ2v) is 4.17. The molecule has 3 nitrogen and oxygen atoms in total. The number of rotatable bonds is 6. The highest BCUT2D eigenvalue weighted by atomic mass is 16.4. The number of nitrogens with two attached hydrogens (primary N) is 1. The molecule has 0 aromatic rings. The number of nitrogens with zero attached hydrogens (tertiary/aromatic N) is 1. The van der Waals surface area contributed by atoms with Crippen LogP contribution in [0.2, 0.25) is 0 Å². The van der Waals surface area contributed by atoms with Crippen molar-refractivity contribution in [1.29, 1.82) is 0 Å². The first-order valence-electron chi connectivity index (χ1n) is 4.94. The van der Waals surface area contributed by atoms with Crippen LogP contribution in [0.25, 0.3) is 0 Å². The minimum absolute atomic E-state index is 0.0172. The van der Waals surface area contributed by atoms with Crippen LogP contribution in [0.4, 0.5) is 0 Å². The number of unbranched alkanes of at least 4 members (excludes halogenated alkanes) is 2. The summed E-state index contributed by atoms with van der Waals surface area (Å²) in [5.74, 6) is 0. The smallest absolute Gasteiger partial charge is 0.0596 e. The van der Waals surface area contributed by atoms with E-state index in [1.807, 2.05) is 6.92 Å². The van der Waals surface area contributed by atoms with Gasteiger partial charge in [0.2, 0.25) is 0 Å². The van der Waals surface area contributed by atoms with Gasteiger partial charge in [-0.25, -0.2) is 0 Å². The first kappa shape index (κ1) is 12.4. The van der Waals surface area contributed by atoms with E-state index in [4.69, 9.17) is 10.9 Å². The molecule has 0 atom stereocenters. The van der Waals surface area contributed by atoms with Gasteiger partial charge in [0.25, 0.3) is 0 Å². The van der Waals surface area contributed by atoms with Gasteiger partial charge in [-0.15, -0.1) is 0 Å². The third-order valence-electron chi connectivity index (χ3n) is 2.64. The van der Waals surface area contributed by atoms with Gasteiger partial charge in [-0.05, 0) is 26.3 Å². The highest BCUT2D eigenvalue weighted by Gasteiger charge is 2.21. The summed E-state index contributed by atoms with van der Waals surface area (Å²) in [7, 11) is 0. The lowest BCUT2D eigenvalue weighted by Crippen LogP contribution is -2.21. The average molecular weight is 186 g/mol. The normalized spacial score (nSPS) is 13.4. The molecule has 0 aliphatic rings. The first-order chi connectivity index (χ1) is 6.04. The Balaban J connectivity index is 3.76. The highest BCUT2D eigenvalue weighted by molar-refractivity contribution is 5.86. The predicted molar refractivity (Wildman–Crippen MR) is 56.2 cm³/mol. The standard InChI is InChI=1S/C10H22N2O/c1-9(12-13)10(2,3)7-5-4-6-8-11/h13H,4-8,11H2,1-3H3. The van der Waals surface area contributed by atoms with Gasteiger partial charge in [0.1, 0.15) is 0 Å². The summed E-state index contributed by atoms with van der Waals surface area (Å²) in [4.78, 5) is 0. The van der Waals surface area contributed by atoms with E-state index in [1.54, 1.807) is 0 Å². The van der Waals surface area contributed by atoms with Crippen molar-refractivity contribution in [2.24, 2.45) is 16.3 Å². The Bertz CT molecular complexity index is 164. The van der Waals surface area contributed by atoms with Crippen LogP contribution in [0, 0.1) is 5.41 Å². The van der Waals surface area contributed by atoms with Crippen molar-refractivity contribution in [3.8, 4) is 0 Å². The van der Waals surface area contributed by atoms with Crippen molar-refractivity contribution >= 4 is 5.71 Å². The van der Waals surface area contributed by atoms with E-state index in [0.29, 0.717) is 0 Å². The third-order valence-corrected chi connectivity index (χ3v) is 2.64. The van der Waals surface area contributed by atoms with E-state index in [0.717, 1.165) is 31.5 Å². The maximum absolute atomic E-state index is 8.64. The summed E-state index contributed by atoms with van der Waals surface area (Å²) in [6.07, 6.45) is 4.46. The molecular weight excluding hydrogens is 164 g/mol. The molecule has 0 amide bonds. The summed E-state index contributed by atoms with van der Waals surface area (Å²) < 4.78 is 0. The van der Waals surface area contributed by atoms with Crippen LogP contribution in [-0.2, 0) is 0 Å². The largest absolute Gasteiger partial charge is 0.411 e. The van der Waals surface area contributed by atoms with Gasteiger partial charge in [-0.1, -0.05) is 31.8 Å². The van der Waals surface area contributed by atoms with E-state index in [-0.39, 0.29) is 5.41 Å². The van der Waals surface area contributed by atoms with Crippen LogP contribution in [0.1, 0.15) is 46.5 Å². The van der Waals surface area contributed by atoms with Gasteiger partial charge in [-0.2, -0.15) is 0 Å². The van der Waals surface area contributed by atoms with E-state index >= 15 is 0 Å². The topological polar surface area (TPSA) is 58.6 Å². The second-order valence-electron chi connectivity index (χ2n) is 4.17. The summed E-state index contributed by atoms with van der Waals surface area (Å²) >= 11 is 0. The van der Waals surface area contributed by atoms with Crippen LogP contribution >= 0.6 is 0 Å². The van der Waals surface area contributed by atoms with E-state index in [1.165, 1.54) is 6.42 Å². The minimum atomic E-state index is 0.0172. The Hall–Kier alpha value is -0.570. The Labute approximate surface area is 81.0 Å². The molecule has 3 heteroatoms. The zero-order valence-electron chi connectivity index (χ0n) is 9.01. The molecule has 3 N–H and O–H groups in total. The zero-order chi connectivity index (χ0) is 10.3. The van der Waals surface area contributed by atoms with E-state index in [2.05, 4.69) is 19.0 Å². The molecule has 78 valence electrons. The molecule has 0 aromatic heterocycles. The SMILES string of the molecule is CC(=NO)C(C)(C)CCCCCN. The van der Waals surface area contributed by atoms with Crippen LogP contribution in [0.5, 0.6) is 0 Å². The molecule has 0 unspecified atom stereocenters. The number of hydrogen-bond acceptors (Lipinski definition) is 3. The van der Waals surface area contributed by atoms with Crippen molar-refractivity contribution in [3.05, 3.63) is 0 Å². The van der Waals surface area contributed by atoms with Gasteiger partial charge in [0, 0.05) is 5.41 Å². The maximum Gasteiger partial charge on any atom is 0.0596 e. The zero-order valence-corrected chi connectivity index (χ0v) is 9.01. The summed E-state index contributed by atoms with van der Waals surface area (Å²) in [5, 5.41) is 11.9. The lowest BCUT2D eigenvalue weighted by Gasteiger charge is -2.23. The molecule has 0 saturated heterocycles. The van der Waals surface area contributed by atoms with Crippen LogP contribution in [0.15, 0.2) is 5.16 Å². The van der Waals surface area contributed by atoms with Gasteiger partial charge >= 0.3 is 0 Å². The lowest BCUT2D eigenvalue weighted by atomic mass is 9.83. The highest BCUT2D eigenvalue weighted by Crippen LogP contribution is 2.25. The Morgan fingerprint density at radius 3 is 2.38 bits per heavy atom. The monoisotopic (exact) mass is 186 g/mol. The van der Waals surface area contributed by atoms with Crippen molar-refractivity contribution in [2.75, 3.05) is 6.54 Å². The van der Waals surface area contributed by atoms with Crippen LogP contribution in [0.3, 0.4) is 0 Å². The quantitative estimate of drug-likeness (QED) is 0.289. The summed E-state index contributed by atoms with van der Waals surface area (Å²) in [6.45, 7) is 6.84. The second kappa shape index (κ2) is 5.97. The van der Waals surface area contributed by atoms with Crippen molar-refractivity contribution in [2.45, 2.75) is 46.5 Å². The van der Waals surface area contributed by atoms with Crippen molar-refractivity contribution in [3.63, 3.8) is 0 Å². The fourth-order valence-electron chi connectivity index (χ4n) is 1.20.